The molecule has 5 atom stereocenters. The summed E-state index contributed by atoms with van der Waals surface area (Å²) < 4.78 is 6.63. The molecule has 0 bridgehead atoms. The first-order valence-corrected chi connectivity index (χ1v) is 16.8. The van der Waals surface area contributed by atoms with E-state index >= 15 is 0 Å². The average molecular weight is 612 g/mol. The van der Waals surface area contributed by atoms with E-state index in [0.29, 0.717) is 29.3 Å². The Kier molecular flexibility index (Phi) is 6.69. The number of nitrogens with zero attached hydrogens (tertiary/aromatic N) is 3. The van der Waals surface area contributed by atoms with E-state index in [1.165, 1.54) is 22.3 Å². The summed E-state index contributed by atoms with van der Waals surface area (Å²) in [6.45, 7) is 4.74. The fourth-order valence-electron chi connectivity index (χ4n) is 8.32. The lowest BCUT2D eigenvalue weighted by molar-refractivity contribution is -0.0563. The third kappa shape index (κ3) is 4.82. The molecule has 0 saturated carbocycles. The standard InChI is InChI=1S/C43H37N3O/c1-43(2)35-20-8-9-21-37(35)47-38-23-22-29(26-36(38)43)33-18-6-7-19-34(33)42-45-40(28-12-4-3-5-13-28)44-41(46-42)32-24-30-16-10-14-27-15-11-17-31(25-32)39(27)30/h3-14,16-20,22-26,31,36-39H,15,21H2,1-2H3. The van der Waals surface area contributed by atoms with Crippen LogP contribution in [0.2, 0.25) is 0 Å². The van der Waals surface area contributed by atoms with E-state index in [-0.39, 0.29) is 23.5 Å². The van der Waals surface area contributed by atoms with Crippen molar-refractivity contribution >= 4 is 11.1 Å². The molecule has 0 amide bonds. The highest BCUT2D eigenvalue weighted by atomic mass is 16.5. The molecular formula is C43H37N3O. The van der Waals surface area contributed by atoms with Gasteiger partial charge in [0.1, 0.15) is 0 Å². The highest BCUT2D eigenvalue weighted by Crippen LogP contribution is 2.50. The van der Waals surface area contributed by atoms with Gasteiger partial charge in [0.15, 0.2) is 17.5 Å². The Morgan fingerprint density at radius 3 is 2.45 bits per heavy atom. The Balaban J connectivity index is 1.16. The van der Waals surface area contributed by atoms with Gasteiger partial charge in [0.05, 0.1) is 12.2 Å². The van der Waals surface area contributed by atoms with Gasteiger partial charge in [-0.3, -0.25) is 0 Å². The van der Waals surface area contributed by atoms with E-state index in [2.05, 4.69) is 129 Å². The molecular weight excluding hydrogens is 574 g/mol. The van der Waals surface area contributed by atoms with Crippen LogP contribution in [-0.2, 0) is 4.74 Å². The average Bonchev–Trinajstić information content (AvgIpc) is 3.12. The lowest BCUT2D eigenvalue weighted by Gasteiger charge is -2.49. The monoisotopic (exact) mass is 611 g/mol. The molecule has 0 radical (unpaired) electrons. The number of aromatic nitrogens is 3. The lowest BCUT2D eigenvalue weighted by Crippen LogP contribution is -2.47. The van der Waals surface area contributed by atoms with E-state index in [0.717, 1.165) is 35.1 Å². The molecule has 230 valence electrons. The molecule has 2 heterocycles. The van der Waals surface area contributed by atoms with Crippen LogP contribution in [0.4, 0.5) is 0 Å². The first-order valence-electron chi connectivity index (χ1n) is 16.8. The molecule has 0 spiro atoms. The van der Waals surface area contributed by atoms with E-state index in [1.807, 2.05) is 18.2 Å². The number of rotatable bonds is 4. The minimum absolute atomic E-state index is 0.0287. The molecule has 1 fully saturated rings. The van der Waals surface area contributed by atoms with Crippen molar-refractivity contribution < 1.29 is 4.74 Å². The number of hydrogen-bond donors (Lipinski definition) is 0. The molecule has 6 aliphatic rings. The molecule has 1 aliphatic heterocycles. The zero-order valence-corrected chi connectivity index (χ0v) is 26.8. The summed E-state index contributed by atoms with van der Waals surface area (Å²) >= 11 is 0. The van der Waals surface area contributed by atoms with Crippen LogP contribution in [0.25, 0.3) is 33.9 Å². The first-order chi connectivity index (χ1) is 23.0. The lowest BCUT2D eigenvalue weighted by atomic mass is 9.64. The molecule has 5 unspecified atom stereocenters. The van der Waals surface area contributed by atoms with Crippen LogP contribution >= 0.6 is 0 Å². The van der Waals surface area contributed by atoms with Crippen molar-refractivity contribution in [3.63, 3.8) is 0 Å². The van der Waals surface area contributed by atoms with Crippen molar-refractivity contribution in [2.24, 2.45) is 23.2 Å². The van der Waals surface area contributed by atoms with Crippen molar-refractivity contribution in [3.8, 4) is 22.8 Å². The van der Waals surface area contributed by atoms with Crippen molar-refractivity contribution in [1.29, 1.82) is 0 Å². The highest BCUT2D eigenvalue weighted by molar-refractivity contribution is 5.86. The summed E-state index contributed by atoms with van der Waals surface area (Å²) in [5.74, 6) is 2.98. The quantitative estimate of drug-likeness (QED) is 0.276. The largest absolute Gasteiger partial charge is 0.366 e. The van der Waals surface area contributed by atoms with E-state index in [4.69, 9.17) is 19.7 Å². The van der Waals surface area contributed by atoms with Crippen LogP contribution < -0.4 is 0 Å². The van der Waals surface area contributed by atoms with Crippen LogP contribution in [0, 0.1) is 23.2 Å². The molecule has 9 rings (SSSR count). The molecule has 1 aromatic heterocycles. The normalized spacial score (nSPS) is 27.8. The Labute approximate surface area is 276 Å². The van der Waals surface area contributed by atoms with Gasteiger partial charge in [0, 0.05) is 34.5 Å². The van der Waals surface area contributed by atoms with Gasteiger partial charge in [-0.15, -0.1) is 0 Å². The fraction of sp³-hybridized carbons (Fsp3) is 0.233. The van der Waals surface area contributed by atoms with Crippen LogP contribution in [0.1, 0.15) is 38.1 Å². The first kappa shape index (κ1) is 28.3. The molecule has 4 nitrogen and oxygen atoms in total. The third-order valence-corrected chi connectivity index (χ3v) is 10.7. The van der Waals surface area contributed by atoms with Gasteiger partial charge in [-0.25, -0.2) is 15.0 Å². The maximum Gasteiger partial charge on any atom is 0.164 e. The van der Waals surface area contributed by atoms with Gasteiger partial charge in [-0.1, -0.05) is 147 Å². The van der Waals surface area contributed by atoms with Gasteiger partial charge >= 0.3 is 0 Å². The molecule has 3 aromatic rings. The SMILES string of the molecule is CC1(C)C2=CC=CCC2OC2C=CC(c3ccccc3-c3nc(C4=CC5C=CCC6=CC=CC(=C4)C65)nc(-c4ccccc4)n3)=CC21. The topological polar surface area (TPSA) is 47.9 Å². The molecule has 2 aromatic carbocycles. The van der Waals surface area contributed by atoms with Gasteiger partial charge in [0.25, 0.3) is 0 Å². The molecule has 5 aliphatic carbocycles. The van der Waals surface area contributed by atoms with E-state index in [1.54, 1.807) is 0 Å². The molecule has 47 heavy (non-hydrogen) atoms. The van der Waals surface area contributed by atoms with Crippen LogP contribution in [-0.4, -0.2) is 27.2 Å². The summed E-state index contributed by atoms with van der Waals surface area (Å²) in [6, 6.07) is 18.8. The van der Waals surface area contributed by atoms with Crippen LogP contribution in [0.15, 0.2) is 150 Å². The van der Waals surface area contributed by atoms with Crippen LogP contribution in [0.3, 0.4) is 0 Å². The van der Waals surface area contributed by atoms with Crippen molar-refractivity contribution in [2.75, 3.05) is 0 Å². The highest BCUT2D eigenvalue weighted by Gasteiger charge is 2.46. The number of benzene rings is 2. The number of ether oxygens (including phenoxy) is 1. The third-order valence-electron chi connectivity index (χ3n) is 10.7. The van der Waals surface area contributed by atoms with Gasteiger partial charge in [0.2, 0.25) is 0 Å². The number of allylic oxidation sites excluding steroid dienone is 14. The van der Waals surface area contributed by atoms with E-state index < -0.39 is 0 Å². The second-order valence-electron chi connectivity index (χ2n) is 13.9. The van der Waals surface area contributed by atoms with Gasteiger partial charge in [-0.2, -0.15) is 0 Å². The Morgan fingerprint density at radius 2 is 1.55 bits per heavy atom. The molecule has 4 heteroatoms. The summed E-state index contributed by atoms with van der Waals surface area (Å²) in [6.07, 6.45) is 31.7. The second kappa shape index (κ2) is 11.1. The molecule has 0 N–H and O–H groups in total. The predicted octanol–water partition coefficient (Wildman–Crippen LogP) is 9.47. The maximum atomic E-state index is 6.63. The smallest absolute Gasteiger partial charge is 0.164 e. The summed E-state index contributed by atoms with van der Waals surface area (Å²) in [5.41, 5.74) is 9.47. The number of hydrogen-bond acceptors (Lipinski definition) is 4. The van der Waals surface area contributed by atoms with Crippen molar-refractivity contribution in [1.82, 2.24) is 15.0 Å². The van der Waals surface area contributed by atoms with Crippen molar-refractivity contribution in [3.05, 3.63) is 162 Å². The van der Waals surface area contributed by atoms with E-state index in [9.17, 15) is 0 Å². The zero-order chi connectivity index (χ0) is 31.5. The minimum atomic E-state index is -0.0287. The van der Waals surface area contributed by atoms with Gasteiger partial charge in [-0.05, 0) is 46.6 Å². The second-order valence-corrected chi connectivity index (χ2v) is 13.9. The Hall–Kier alpha value is -4.93. The summed E-state index contributed by atoms with van der Waals surface area (Å²) in [7, 11) is 0. The predicted molar refractivity (Wildman–Crippen MR) is 190 cm³/mol. The fourth-order valence-corrected chi connectivity index (χ4v) is 8.32. The zero-order valence-electron chi connectivity index (χ0n) is 26.8. The summed E-state index contributed by atoms with van der Waals surface area (Å²) in [4.78, 5) is 15.5. The minimum Gasteiger partial charge on any atom is -0.366 e. The summed E-state index contributed by atoms with van der Waals surface area (Å²) in [5, 5.41) is 0. The van der Waals surface area contributed by atoms with Crippen LogP contribution in [0.5, 0.6) is 0 Å². The number of fused-ring (bicyclic) bond motifs is 2. The Bertz CT molecular complexity index is 2070. The Morgan fingerprint density at radius 1 is 0.745 bits per heavy atom. The maximum absolute atomic E-state index is 6.63. The van der Waals surface area contributed by atoms with Gasteiger partial charge < -0.3 is 4.74 Å². The molecule has 1 saturated heterocycles. The van der Waals surface area contributed by atoms with Crippen molar-refractivity contribution in [2.45, 2.75) is 38.9 Å².